The SMILES string of the molecule is CCN(CC(=O)Nc1ccc(NC(C)=O)cc1)CC(=O)N(CC)Cc1cccs1. The number of nitrogens with one attached hydrogen (secondary N) is 2. The van der Waals surface area contributed by atoms with E-state index in [2.05, 4.69) is 10.6 Å². The topological polar surface area (TPSA) is 81.8 Å². The van der Waals surface area contributed by atoms with Crippen molar-refractivity contribution in [2.75, 3.05) is 36.8 Å². The van der Waals surface area contributed by atoms with Gasteiger partial charge in [-0.05, 0) is 49.2 Å². The number of likely N-dealkylation sites (N-methyl/N-ethyl adjacent to an activating group) is 2. The lowest BCUT2D eigenvalue weighted by Crippen LogP contribution is -2.42. The van der Waals surface area contributed by atoms with Crippen molar-refractivity contribution >= 4 is 40.4 Å². The fraction of sp³-hybridized carbons (Fsp3) is 0.381. The third kappa shape index (κ3) is 7.67. The van der Waals surface area contributed by atoms with Gasteiger partial charge in [-0.1, -0.05) is 13.0 Å². The molecule has 0 saturated carbocycles. The van der Waals surface area contributed by atoms with Gasteiger partial charge in [0.05, 0.1) is 19.6 Å². The van der Waals surface area contributed by atoms with Gasteiger partial charge in [0.15, 0.2) is 0 Å². The maximum Gasteiger partial charge on any atom is 0.238 e. The van der Waals surface area contributed by atoms with Crippen molar-refractivity contribution in [3.05, 3.63) is 46.7 Å². The van der Waals surface area contributed by atoms with Gasteiger partial charge in [0, 0.05) is 29.7 Å². The minimum atomic E-state index is -0.187. The number of carbonyl (C=O) groups excluding carboxylic acids is 3. The maximum absolute atomic E-state index is 12.7. The molecule has 1 aromatic heterocycles. The Kier molecular flexibility index (Phi) is 8.82. The molecule has 0 aliphatic heterocycles. The van der Waals surface area contributed by atoms with Crippen LogP contribution in [0.4, 0.5) is 11.4 Å². The molecular formula is C21H28N4O3S. The molecule has 1 heterocycles. The Balaban J connectivity index is 1.86. The number of carbonyl (C=O) groups is 3. The number of benzene rings is 1. The van der Waals surface area contributed by atoms with Crippen LogP contribution in [0.15, 0.2) is 41.8 Å². The van der Waals surface area contributed by atoms with E-state index in [0.29, 0.717) is 31.0 Å². The number of anilines is 2. The zero-order valence-electron chi connectivity index (χ0n) is 17.1. The monoisotopic (exact) mass is 416 g/mol. The quantitative estimate of drug-likeness (QED) is 0.624. The van der Waals surface area contributed by atoms with Gasteiger partial charge in [-0.3, -0.25) is 19.3 Å². The number of nitrogens with zero attached hydrogens (tertiary/aromatic N) is 2. The highest BCUT2D eigenvalue weighted by atomic mass is 32.1. The second-order valence-corrected chi connectivity index (χ2v) is 7.63. The number of hydrogen-bond donors (Lipinski definition) is 2. The van der Waals surface area contributed by atoms with Gasteiger partial charge < -0.3 is 15.5 Å². The van der Waals surface area contributed by atoms with Gasteiger partial charge in [0.2, 0.25) is 17.7 Å². The van der Waals surface area contributed by atoms with Crippen LogP contribution in [0.5, 0.6) is 0 Å². The Labute approximate surface area is 175 Å². The van der Waals surface area contributed by atoms with Crippen molar-refractivity contribution in [2.45, 2.75) is 27.3 Å². The normalized spacial score (nSPS) is 10.6. The molecular weight excluding hydrogens is 388 g/mol. The van der Waals surface area contributed by atoms with Crippen LogP contribution >= 0.6 is 11.3 Å². The zero-order valence-corrected chi connectivity index (χ0v) is 17.9. The molecule has 0 aliphatic carbocycles. The minimum absolute atomic E-state index is 0.00945. The first-order valence-corrected chi connectivity index (χ1v) is 10.5. The average Bonchev–Trinajstić information content (AvgIpc) is 3.19. The molecule has 29 heavy (non-hydrogen) atoms. The van der Waals surface area contributed by atoms with E-state index in [9.17, 15) is 14.4 Å². The molecule has 3 amide bonds. The first-order valence-electron chi connectivity index (χ1n) is 9.61. The molecule has 7 nitrogen and oxygen atoms in total. The standard InChI is InChI=1S/C21H28N4O3S/c1-4-24(15-21(28)25(5-2)13-19-7-6-12-29-19)14-20(27)23-18-10-8-17(9-11-18)22-16(3)26/h6-12H,4-5,13-15H2,1-3H3,(H,22,26)(H,23,27). The fourth-order valence-corrected chi connectivity index (χ4v) is 3.50. The van der Waals surface area contributed by atoms with Gasteiger partial charge in [0.25, 0.3) is 0 Å². The van der Waals surface area contributed by atoms with E-state index in [1.54, 1.807) is 40.5 Å². The second kappa shape index (κ2) is 11.3. The highest BCUT2D eigenvalue weighted by Crippen LogP contribution is 2.14. The largest absolute Gasteiger partial charge is 0.337 e. The lowest BCUT2D eigenvalue weighted by atomic mass is 10.2. The smallest absolute Gasteiger partial charge is 0.238 e. The molecule has 8 heteroatoms. The lowest BCUT2D eigenvalue weighted by Gasteiger charge is -2.25. The third-order valence-corrected chi connectivity index (χ3v) is 5.18. The molecule has 0 fully saturated rings. The number of hydrogen-bond acceptors (Lipinski definition) is 5. The molecule has 0 radical (unpaired) electrons. The summed E-state index contributed by atoms with van der Waals surface area (Å²) >= 11 is 1.63. The van der Waals surface area contributed by atoms with Crippen LogP contribution in [0, 0.1) is 0 Å². The summed E-state index contributed by atoms with van der Waals surface area (Å²) in [6.45, 7) is 7.47. The molecule has 0 bridgehead atoms. The van der Waals surface area contributed by atoms with Crippen LogP contribution in [0.3, 0.4) is 0 Å². The summed E-state index contributed by atoms with van der Waals surface area (Å²) in [5.74, 6) is -0.325. The lowest BCUT2D eigenvalue weighted by molar-refractivity contribution is -0.133. The van der Waals surface area contributed by atoms with Gasteiger partial charge in [-0.25, -0.2) is 0 Å². The Bertz CT molecular complexity index is 806. The van der Waals surface area contributed by atoms with Crippen molar-refractivity contribution < 1.29 is 14.4 Å². The molecule has 2 N–H and O–H groups in total. The van der Waals surface area contributed by atoms with Crippen molar-refractivity contribution in [3.63, 3.8) is 0 Å². The summed E-state index contributed by atoms with van der Waals surface area (Å²) in [5.41, 5.74) is 1.31. The molecule has 0 atom stereocenters. The molecule has 156 valence electrons. The molecule has 2 rings (SSSR count). The van der Waals surface area contributed by atoms with Crippen molar-refractivity contribution in [1.29, 1.82) is 0 Å². The highest BCUT2D eigenvalue weighted by molar-refractivity contribution is 7.09. The molecule has 1 aromatic carbocycles. The molecule has 0 spiro atoms. The summed E-state index contributed by atoms with van der Waals surface area (Å²) in [7, 11) is 0. The first-order chi connectivity index (χ1) is 13.9. The summed E-state index contributed by atoms with van der Waals surface area (Å²) in [5, 5.41) is 7.50. The number of amides is 3. The van der Waals surface area contributed by atoms with Gasteiger partial charge in [0.1, 0.15) is 0 Å². The van der Waals surface area contributed by atoms with E-state index >= 15 is 0 Å². The zero-order chi connectivity index (χ0) is 21.2. The summed E-state index contributed by atoms with van der Waals surface area (Å²) in [4.78, 5) is 40.9. The summed E-state index contributed by atoms with van der Waals surface area (Å²) in [6, 6.07) is 10.9. The van der Waals surface area contributed by atoms with Gasteiger partial charge >= 0.3 is 0 Å². The van der Waals surface area contributed by atoms with Crippen LogP contribution in [0.1, 0.15) is 25.6 Å². The molecule has 0 aliphatic rings. The van der Waals surface area contributed by atoms with E-state index in [4.69, 9.17) is 0 Å². The Hall–Kier alpha value is -2.71. The van der Waals surface area contributed by atoms with Crippen LogP contribution in [-0.4, -0.2) is 53.7 Å². The highest BCUT2D eigenvalue weighted by Gasteiger charge is 2.18. The van der Waals surface area contributed by atoms with Crippen LogP contribution in [-0.2, 0) is 20.9 Å². The van der Waals surface area contributed by atoms with Crippen LogP contribution in [0.25, 0.3) is 0 Å². The molecule has 0 saturated heterocycles. The van der Waals surface area contributed by atoms with E-state index in [-0.39, 0.29) is 30.8 Å². The maximum atomic E-state index is 12.7. The summed E-state index contributed by atoms with van der Waals surface area (Å²) < 4.78 is 0. The number of rotatable bonds is 10. The van der Waals surface area contributed by atoms with E-state index in [1.807, 2.05) is 36.3 Å². The van der Waals surface area contributed by atoms with E-state index < -0.39 is 0 Å². The third-order valence-electron chi connectivity index (χ3n) is 4.32. The van der Waals surface area contributed by atoms with Crippen molar-refractivity contribution in [1.82, 2.24) is 9.80 Å². The second-order valence-electron chi connectivity index (χ2n) is 6.60. The number of thiophene rings is 1. The Morgan fingerprint density at radius 2 is 1.59 bits per heavy atom. The molecule has 2 aromatic rings. The van der Waals surface area contributed by atoms with Crippen molar-refractivity contribution in [2.24, 2.45) is 0 Å². The van der Waals surface area contributed by atoms with Crippen molar-refractivity contribution in [3.8, 4) is 0 Å². The summed E-state index contributed by atoms with van der Waals surface area (Å²) in [6.07, 6.45) is 0. The fourth-order valence-electron chi connectivity index (χ4n) is 2.78. The van der Waals surface area contributed by atoms with Gasteiger partial charge in [-0.2, -0.15) is 0 Å². The molecule has 0 unspecified atom stereocenters. The van der Waals surface area contributed by atoms with E-state index in [0.717, 1.165) is 4.88 Å². The van der Waals surface area contributed by atoms with Crippen LogP contribution in [0.2, 0.25) is 0 Å². The average molecular weight is 417 g/mol. The Morgan fingerprint density at radius 1 is 0.931 bits per heavy atom. The van der Waals surface area contributed by atoms with Crippen LogP contribution < -0.4 is 10.6 Å². The van der Waals surface area contributed by atoms with Gasteiger partial charge in [-0.15, -0.1) is 11.3 Å². The predicted molar refractivity (Wildman–Crippen MR) is 117 cm³/mol. The Morgan fingerprint density at radius 3 is 2.10 bits per heavy atom. The van der Waals surface area contributed by atoms with E-state index in [1.165, 1.54) is 6.92 Å². The first kappa shape index (κ1) is 22.6. The minimum Gasteiger partial charge on any atom is -0.337 e. The predicted octanol–water partition coefficient (Wildman–Crippen LogP) is 3.02.